The third-order valence-corrected chi connectivity index (χ3v) is 5.20. The van der Waals surface area contributed by atoms with E-state index in [2.05, 4.69) is 10.3 Å². The number of imidazole rings is 1. The fraction of sp³-hybridized carbons (Fsp3) is 0.625. The van der Waals surface area contributed by atoms with Crippen molar-refractivity contribution in [1.29, 1.82) is 0 Å². The first kappa shape index (κ1) is 17.7. The molecule has 1 saturated heterocycles. The van der Waals surface area contributed by atoms with Gasteiger partial charge in [-0.05, 0) is 23.7 Å². The van der Waals surface area contributed by atoms with Gasteiger partial charge >= 0.3 is 5.82 Å². The van der Waals surface area contributed by atoms with Crippen molar-refractivity contribution in [3.63, 3.8) is 0 Å². The molecule has 2 aromatic rings. The molecule has 1 amide bonds. The van der Waals surface area contributed by atoms with Crippen molar-refractivity contribution in [2.45, 2.75) is 33.6 Å². The van der Waals surface area contributed by atoms with Crippen LogP contribution in [0.4, 0.5) is 11.6 Å². The van der Waals surface area contributed by atoms with E-state index in [-0.39, 0.29) is 22.6 Å². The van der Waals surface area contributed by atoms with E-state index in [0.29, 0.717) is 23.9 Å². The molecule has 1 aliphatic heterocycles. The second kappa shape index (κ2) is 6.62. The van der Waals surface area contributed by atoms with E-state index in [9.17, 15) is 14.9 Å². The molecule has 0 aliphatic carbocycles. The highest BCUT2D eigenvalue weighted by Crippen LogP contribution is 2.33. The lowest BCUT2D eigenvalue weighted by atomic mass is 9.94. The number of fused-ring (bicyclic) bond motifs is 1. The predicted molar refractivity (Wildman–Crippen MR) is 97.1 cm³/mol. The average molecular weight is 365 g/mol. The van der Waals surface area contributed by atoms with Crippen LogP contribution in [0.15, 0.2) is 11.6 Å². The fourth-order valence-corrected chi connectivity index (χ4v) is 3.77. The number of anilines is 1. The van der Waals surface area contributed by atoms with E-state index >= 15 is 0 Å². The van der Waals surface area contributed by atoms with Crippen molar-refractivity contribution >= 4 is 33.8 Å². The summed E-state index contributed by atoms with van der Waals surface area (Å²) >= 11 is 1.39. The number of hydrogen-bond acceptors (Lipinski definition) is 6. The summed E-state index contributed by atoms with van der Waals surface area (Å²) in [5, 5.41) is 16.3. The first-order valence-corrected chi connectivity index (χ1v) is 9.28. The van der Waals surface area contributed by atoms with Gasteiger partial charge in [0.1, 0.15) is 6.20 Å². The molecule has 3 heterocycles. The van der Waals surface area contributed by atoms with Crippen LogP contribution in [-0.4, -0.2) is 39.8 Å². The van der Waals surface area contributed by atoms with Gasteiger partial charge in [-0.15, -0.1) is 0 Å². The number of aromatic nitrogens is 2. The minimum Gasteiger partial charge on any atom is -0.358 e. The van der Waals surface area contributed by atoms with Gasteiger partial charge in [0.25, 0.3) is 4.96 Å². The molecule has 0 spiro atoms. The minimum atomic E-state index is -0.415. The standard InChI is InChI=1S/C16H23N5O3S/c1-16(2,3)14(22)17-9-11-5-4-6-19(10-11)12-13(21(23)24)20-7-8-25-15(20)18-12/h7-8,11H,4-6,9-10H2,1-3H3,(H,17,22). The molecule has 1 atom stereocenters. The van der Waals surface area contributed by atoms with Crippen molar-refractivity contribution in [3.8, 4) is 0 Å². The Hall–Kier alpha value is -2.16. The maximum Gasteiger partial charge on any atom is 0.373 e. The summed E-state index contributed by atoms with van der Waals surface area (Å²) in [7, 11) is 0. The summed E-state index contributed by atoms with van der Waals surface area (Å²) in [5.41, 5.74) is -0.415. The van der Waals surface area contributed by atoms with Crippen LogP contribution in [-0.2, 0) is 4.79 Å². The monoisotopic (exact) mass is 365 g/mol. The van der Waals surface area contributed by atoms with Gasteiger partial charge in [0.15, 0.2) is 0 Å². The number of carbonyl (C=O) groups is 1. The SMILES string of the molecule is CC(C)(C)C(=O)NCC1CCCN(c2nc3sccn3c2[N+](=O)[O-])C1. The molecule has 1 unspecified atom stereocenters. The summed E-state index contributed by atoms with van der Waals surface area (Å²) in [6.45, 7) is 7.65. The number of hydrogen-bond donors (Lipinski definition) is 1. The Morgan fingerprint density at radius 2 is 2.28 bits per heavy atom. The Morgan fingerprint density at radius 1 is 1.52 bits per heavy atom. The van der Waals surface area contributed by atoms with E-state index < -0.39 is 5.41 Å². The van der Waals surface area contributed by atoms with Crippen LogP contribution in [0.3, 0.4) is 0 Å². The Balaban J connectivity index is 1.74. The molecule has 9 heteroatoms. The smallest absolute Gasteiger partial charge is 0.358 e. The number of thiazole rings is 1. The second-order valence-corrected chi connectivity index (χ2v) is 8.36. The van der Waals surface area contributed by atoms with Crippen molar-refractivity contribution in [2.24, 2.45) is 11.3 Å². The normalized spacial score (nSPS) is 18.5. The topological polar surface area (TPSA) is 92.8 Å². The zero-order valence-electron chi connectivity index (χ0n) is 14.7. The number of amides is 1. The highest BCUT2D eigenvalue weighted by atomic mass is 32.1. The molecular formula is C16H23N5O3S. The number of nitrogens with zero attached hydrogens (tertiary/aromatic N) is 4. The Labute approximate surface area is 150 Å². The molecule has 0 saturated carbocycles. The van der Waals surface area contributed by atoms with Gasteiger partial charge in [0.05, 0.1) is 0 Å². The van der Waals surface area contributed by atoms with Gasteiger partial charge in [-0.2, -0.15) is 9.38 Å². The first-order chi connectivity index (χ1) is 11.8. The summed E-state index contributed by atoms with van der Waals surface area (Å²) < 4.78 is 1.53. The Bertz CT molecular complexity index is 791. The number of nitrogens with one attached hydrogen (secondary N) is 1. The maximum atomic E-state index is 12.1. The van der Waals surface area contributed by atoms with E-state index in [1.54, 1.807) is 11.6 Å². The van der Waals surface area contributed by atoms with Crippen molar-refractivity contribution in [1.82, 2.24) is 14.7 Å². The fourth-order valence-electron chi connectivity index (χ4n) is 3.07. The molecule has 1 N–H and O–H groups in total. The number of nitro groups is 1. The van der Waals surface area contributed by atoms with Crippen molar-refractivity contribution in [3.05, 3.63) is 21.7 Å². The second-order valence-electron chi connectivity index (χ2n) is 7.49. The van der Waals surface area contributed by atoms with Crippen LogP contribution in [0.1, 0.15) is 33.6 Å². The predicted octanol–water partition coefficient (Wildman–Crippen LogP) is 2.68. The highest BCUT2D eigenvalue weighted by Gasteiger charge is 2.31. The molecule has 1 aliphatic rings. The third-order valence-electron chi connectivity index (χ3n) is 4.44. The van der Waals surface area contributed by atoms with Crippen LogP contribution in [0.2, 0.25) is 0 Å². The van der Waals surface area contributed by atoms with Crippen LogP contribution >= 0.6 is 11.3 Å². The minimum absolute atomic E-state index is 0.0237. The van der Waals surface area contributed by atoms with Gasteiger partial charge in [-0.3, -0.25) is 4.79 Å². The van der Waals surface area contributed by atoms with Crippen LogP contribution in [0.25, 0.3) is 4.96 Å². The quantitative estimate of drug-likeness (QED) is 0.664. The average Bonchev–Trinajstić information content (AvgIpc) is 3.12. The van der Waals surface area contributed by atoms with Crippen LogP contribution in [0, 0.1) is 21.4 Å². The highest BCUT2D eigenvalue weighted by molar-refractivity contribution is 7.15. The molecule has 0 radical (unpaired) electrons. The number of piperidine rings is 1. The molecular weight excluding hydrogens is 342 g/mol. The molecule has 1 fully saturated rings. The molecule has 0 aromatic carbocycles. The number of rotatable bonds is 4. The van der Waals surface area contributed by atoms with E-state index in [0.717, 1.165) is 19.4 Å². The first-order valence-electron chi connectivity index (χ1n) is 8.40. The van der Waals surface area contributed by atoms with E-state index in [4.69, 9.17) is 0 Å². The Kier molecular flexibility index (Phi) is 4.68. The van der Waals surface area contributed by atoms with E-state index in [1.807, 2.05) is 25.7 Å². The summed E-state index contributed by atoms with van der Waals surface area (Å²) in [6, 6.07) is 0. The number of carbonyl (C=O) groups excluding carboxylic acids is 1. The molecule has 25 heavy (non-hydrogen) atoms. The van der Waals surface area contributed by atoms with Crippen LogP contribution in [0.5, 0.6) is 0 Å². The molecule has 3 rings (SSSR count). The van der Waals surface area contributed by atoms with Gasteiger partial charge in [0, 0.05) is 30.4 Å². The van der Waals surface area contributed by atoms with Crippen molar-refractivity contribution < 1.29 is 9.72 Å². The van der Waals surface area contributed by atoms with Crippen LogP contribution < -0.4 is 10.2 Å². The molecule has 136 valence electrons. The lowest BCUT2D eigenvalue weighted by Crippen LogP contribution is -2.43. The lowest BCUT2D eigenvalue weighted by molar-refractivity contribution is -0.389. The van der Waals surface area contributed by atoms with Gasteiger partial charge in [0.2, 0.25) is 11.7 Å². The molecule has 2 aromatic heterocycles. The molecule has 0 bridgehead atoms. The van der Waals surface area contributed by atoms with Gasteiger partial charge in [-0.1, -0.05) is 32.1 Å². The van der Waals surface area contributed by atoms with Gasteiger partial charge in [-0.25, -0.2) is 0 Å². The largest absolute Gasteiger partial charge is 0.373 e. The van der Waals surface area contributed by atoms with Crippen molar-refractivity contribution in [2.75, 3.05) is 24.5 Å². The van der Waals surface area contributed by atoms with Gasteiger partial charge < -0.3 is 20.3 Å². The molecule has 8 nitrogen and oxygen atoms in total. The lowest BCUT2D eigenvalue weighted by Gasteiger charge is -2.33. The Morgan fingerprint density at radius 3 is 2.96 bits per heavy atom. The zero-order chi connectivity index (χ0) is 18.2. The third kappa shape index (κ3) is 3.60. The zero-order valence-corrected chi connectivity index (χ0v) is 15.5. The summed E-state index contributed by atoms with van der Waals surface area (Å²) in [4.78, 5) is 30.3. The van der Waals surface area contributed by atoms with E-state index in [1.165, 1.54) is 15.7 Å². The summed E-state index contributed by atoms with van der Waals surface area (Å²) in [5.74, 6) is 0.747. The maximum absolute atomic E-state index is 12.1. The summed E-state index contributed by atoms with van der Waals surface area (Å²) in [6.07, 6.45) is 3.61.